The quantitative estimate of drug-likeness (QED) is 0.850. The third-order valence-electron chi connectivity index (χ3n) is 5.49. The summed E-state index contributed by atoms with van der Waals surface area (Å²) in [6.45, 7) is 6.68. The minimum atomic E-state index is 0.185. The minimum absolute atomic E-state index is 0.185. The van der Waals surface area contributed by atoms with Gasteiger partial charge in [0.25, 0.3) is 0 Å². The lowest BCUT2D eigenvalue weighted by molar-refractivity contribution is -0.121. The van der Waals surface area contributed by atoms with Gasteiger partial charge in [-0.2, -0.15) is 0 Å². The second-order valence-corrected chi connectivity index (χ2v) is 7.52. The molecule has 132 valence electrons. The largest absolute Gasteiger partial charge is 0.381 e. The molecule has 0 bridgehead atoms. The predicted octanol–water partition coefficient (Wildman–Crippen LogP) is 1.19. The van der Waals surface area contributed by atoms with E-state index in [0.29, 0.717) is 24.8 Å². The van der Waals surface area contributed by atoms with E-state index in [-0.39, 0.29) is 5.91 Å². The zero-order chi connectivity index (χ0) is 16.4. The van der Waals surface area contributed by atoms with Gasteiger partial charge in [-0.25, -0.2) is 4.98 Å². The fraction of sp³-hybridized carbons (Fsp3) is 0.778. The van der Waals surface area contributed by atoms with Gasteiger partial charge in [0.1, 0.15) is 5.82 Å². The van der Waals surface area contributed by atoms with Gasteiger partial charge < -0.3 is 19.5 Å². The summed E-state index contributed by atoms with van der Waals surface area (Å²) in [4.78, 5) is 19.0. The Morgan fingerprint density at radius 1 is 1.25 bits per heavy atom. The van der Waals surface area contributed by atoms with E-state index in [4.69, 9.17) is 4.74 Å². The molecule has 24 heavy (non-hydrogen) atoms. The summed E-state index contributed by atoms with van der Waals surface area (Å²) >= 11 is 0. The Bertz CT molecular complexity index is 576. The van der Waals surface area contributed by atoms with E-state index in [1.807, 2.05) is 6.20 Å². The molecule has 4 rings (SSSR count). The van der Waals surface area contributed by atoms with Crippen LogP contribution in [0.1, 0.15) is 37.2 Å². The molecule has 3 aliphatic rings. The standard InChI is InChI=1S/C18H28N4O2/c23-18(9-14-1-2-14)20-11-16-10-19-17-3-5-21(6-7-22(16)17)12-15-4-8-24-13-15/h10,14-15H,1-9,11-13H2,(H,20,23)/t15-/m1/s1. The molecule has 1 saturated carbocycles. The number of hydrogen-bond donors (Lipinski definition) is 1. The minimum Gasteiger partial charge on any atom is -0.381 e. The van der Waals surface area contributed by atoms with E-state index in [2.05, 4.69) is 19.8 Å². The molecular weight excluding hydrogens is 304 g/mol. The molecule has 1 aromatic rings. The number of aromatic nitrogens is 2. The molecule has 1 aliphatic carbocycles. The maximum Gasteiger partial charge on any atom is 0.220 e. The molecule has 0 aromatic carbocycles. The van der Waals surface area contributed by atoms with E-state index in [1.54, 1.807) is 0 Å². The molecule has 1 aromatic heterocycles. The fourth-order valence-electron chi connectivity index (χ4n) is 3.80. The lowest BCUT2D eigenvalue weighted by atomic mass is 10.1. The van der Waals surface area contributed by atoms with Crippen LogP contribution in [0.15, 0.2) is 6.20 Å². The number of nitrogens with one attached hydrogen (secondary N) is 1. The van der Waals surface area contributed by atoms with Crippen LogP contribution in [0.3, 0.4) is 0 Å². The smallest absolute Gasteiger partial charge is 0.220 e. The first kappa shape index (κ1) is 16.1. The van der Waals surface area contributed by atoms with E-state index >= 15 is 0 Å². The van der Waals surface area contributed by atoms with Crippen molar-refractivity contribution < 1.29 is 9.53 Å². The molecule has 0 radical (unpaired) electrons. The van der Waals surface area contributed by atoms with Crippen molar-refractivity contribution >= 4 is 5.91 Å². The van der Waals surface area contributed by atoms with Crippen LogP contribution in [0.5, 0.6) is 0 Å². The molecule has 3 heterocycles. The Kier molecular flexibility index (Phi) is 4.85. The molecule has 6 heteroatoms. The van der Waals surface area contributed by atoms with E-state index in [0.717, 1.165) is 57.3 Å². The highest BCUT2D eigenvalue weighted by Crippen LogP contribution is 2.32. The summed E-state index contributed by atoms with van der Waals surface area (Å²) in [5.41, 5.74) is 1.14. The van der Waals surface area contributed by atoms with Crippen LogP contribution in [-0.2, 0) is 29.0 Å². The van der Waals surface area contributed by atoms with Crippen molar-refractivity contribution in [3.63, 3.8) is 0 Å². The predicted molar refractivity (Wildman–Crippen MR) is 90.5 cm³/mol. The number of carbonyl (C=O) groups is 1. The number of ether oxygens (including phenoxy) is 1. The number of fused-ring (bicyclic) bond motifs is 1. The maximum absolute atomic E-state index is 11.9. The van der Waals surface area contributed by atoms with Crippen LogP contribution in [-0.4, -0.2) is 53.2 Å². The highest BCUT2D eigenvalue weighted by molar-refractivity contribution is 5.76. The third-order valence-corrected chi connectivity index (χ3v) is 5.49. The average Bonchev–Trinajstić information content (AvgIpc) is 3.15. The van der Waals surface area contributed by atoms with Crippen LogP contribution in [0.2, 0.25) is 0 Å². The highest BCUT2D eigenvalue weighted by Gasteiger charge is 2.25. The Labute approximate surface area is 143 Å². The molecule has 2 fully saturated rings. The topological polar surface area (TPSA) is 59.4 Å². The number of hydrogen-bond acceptors (Lipinski definition) is 4. The fourth-order valence-corrected chi connectivity index (χ4v) is 3.80. The van der Waals surface area contributed by atoms with Gasteiger partial charge in [-0.1, -0.05) is 0 Å². The summed E-state index contributed by atoms with van der Waals surface area (Å²) in [6.07, 6.45) is 7.25. The lowest BCUT2D eigenvalue weighted by Gasteiger charge is -2.22. The van der Waals surface area contributed by atoms with Crippen LogP contribution in [0, 0.1) is 11.8 Å². The molecule has 6 nitrogen and oxygen atoms in total. The van der Waals surface area contributed by atoms with Gasteiger partial charge in [-0.15, -0.1) is 0 Å². The van der Waals surface area contributed by atoms with Crippen molar-refractivity contribution in [3.8, 4) is 0 Å². The first-order valence-electron chi connectivity index (χ1n) is 9.38. The zero-order valence-corrected chi connectivity index (χ0v) is 14.4. The van der Waals surface area contributed by atoms with Gasteiger partial charge in [0.15, 0.2) is 0 Å². The number of carbonyl (C=O) groups excluding carboxylic acids is 1. The van der Waals surface area contributed by atoms with Crippen LogP contribution in [0.25, 0.3) is 0 Å². The number of amides is 1. The van der Waals surface area contributed by atoms with Gasteiger partial charge in [-0.05, 0) is 31.1 Å². The molecule has 0 spiro atoms. The number of rotatable bonds is 6. The Morgan fingerprint density at radius 3 is 2.96 bits per heavy atom. The summed E-state index contributed by atoms with van der Waals surface area (Å²) in [5, 5.41) is 3.07. The Morgan fingerprint density at radius 2 is 2.17 bits per heavy atom. The molecule has 1 atom stereocenters. The van der Waals surface area contributed by atoms with Crippen LogP contribution < -0.4 is 5.32 Å². The maximum atomic E-state index is 11.9. The monoisotopic (exact) mass is 332 g/mol. The lowest BCUT2D eigenvalue weighted by Crippen LogP contribution is -2.32. The second-order valence-electron chi connectivity index (χ2n) is 7.52. The Balaban J connectivity index is 1.30. The second kappa shape index (κ2) is 7.23. The van der Waals surface area contributed by atoms with Crippen molar-refractivity contribution in [3.05, 3.63) is 17.7 Å². The van der Waals surface area contributed by atoms with E-state index in [1.165, 1.54) is 19.3 Å². The third kappa shape index (κ3) is 3.98. The highest BCUT2D eigenvalue weighted by atomic mass is 16.5. The summed E-state index contributed by atoms with van der Waals surface area (Å²) < 4.78 is 7.81. The van der Waals surface area contributed by atoms with Crippen molar-refractivity contribution in [1.82, 2.24) is 19.8 Å². The first-order valence-corrected chi connectivity index (χ1v) is 9.38. The van der Waals surface area contributed by atoms with Gasteiger partial charge >= 0.3 is 0 Å². The SMILES string of the molecule is O=C(CC1CC1)NCc1cnc2n1CCN(C[C@H]1CCOC1)CC2. The molecule has 1 saturated heterocycles. The molecule has 2 aliphatic heterocycles. The average molecular weight is 332 g/mol. The van der Waals surface area contributed by atoms with Gasteiger partial charge in [0, 0.05) is 45.6 Å². The van der Waals surface area contributed by atoms with Crippen molar-refractivity contribution in [1.29, 1.82) is 0 Å². The Hall–Kier alpha value is -1.40. The molecule has 1 amide bonds. The van der Waals surface area contributed by atoms with Gasteiger partial charge in [0.05, 0.1) is 25.0 Å². The number of nitrogens with zero attached hydrogens (tertiary/aromatic N) is 3. The first-order chi connectivity index (χ1) is 11.8. The summed E-state index contributed by atoms with van der Waals surface area (Å²) in [5.74, 6) is 2.67. The summed E-state index contributed by atoms with van der Waals surface area (Å²) in [7, 11) is 0. The van der Waals surface area contributed by atoms with E-state index in [9.17, 15) is 4.79 Å². The van der Waals surface area contributed by atoms with Crippen molar-refractivity contribution in [2.45, 2.75) is 45.2 Å². The molecule has 1 N–H and O–H groups in total. The zero-order valence-electron chi connectivity index (χ0n) is 14.4. The molecule has 0 unspecified atom stereocenters. The van der Waals surface area contributed by atoms with E-state index < -0.39 is 0 Å². The summed E-state index contributed by atoms with van der Waals surface area (Å²) in [6, 6.07) is 0. The van der Waals surface area contributed by atoms with Crippen molar-refractivity contribution in [2.24, 2.45) is 11.8 Å². The van der Waals surface area contributed by atoms with Gasteiger partial charge in [-0.3, -0.25) is 4.79 Å². The molecular formula is C18H28N4O2. The van der Waals surface area contributed by atoms with Gasteiger partial charge in [0.2, 0.25) is 5.91 Å². The normalized spacial score (nSPS) is 24.6. The van der Waals surface area contributed by atoms with Crippen LogP contribution in [0.4, 0.5) is 0 Å². The van der Waals surface area contributed by atoms with Crippen molar-refractivity contribution in [2.75, 3.05) is 32.8 Å². The van der Waals surface area contributed by atoms with Crippen LogP contribution >= 0.6 is 0 Å². The number of imidazole rings is 1.